The zero-order valence-corrected chi connectivity index (χ0v) is 22.0. The van der Waals surface area contributed by atoms with Crippen molar-refractivity contribution in [3.63, 3.8) is 0 Å². The molecule has 1 saturated heterocycles. The molecule has 172 valence electrons. The number of likely N-dealkylation sites (tertiary alicyclic amines) is 1. The van der Waals surface area contributed by atoms with Gasteiger partial charge >= 0.3 is 0 Å². The normalized spacial score (nSPS) is 16.9. The fourth-order valence-corrected chi connectivity index (χ4v) is 3.80. The molecule has 0 spiro atoms. The van der Waals surface area contributed by atoms with Crippen molar-refractivity contribution in [1.29, 1.82) is 0 Å². The van der Waals surface area contributed by atoms with Crippen LogP contribution in [-0.2, 0) is 4.74 Å². The molecule has 1 atom stereocenters. The predicted octanol–water partition coefficient (Wildman–Crippen LogP) is 3.62. The summed E-state index contributed by atoms with van der Waals surface area (Å²) in [5.74, 6) is 0.908. The van der Waals surface area contributed by atoms with E-state index in [0.717, 1.165) is 63.0 Å². The maximum Gasteiger partial charge on any atom is 0.191 e. The molecule has 30 heavy (non-hydrogen) atoms. The zero-order valence-electron chi connectivity index (χ0n) is 18.9. The number of ether oxygens (including phenoxy) is 1. The van der Waals surface area contributed by atoms with Crippen LogP contribution in [0.15, 0.2) is 29.3 Å². The molecule has 0 aliphatic carbocycles. The number of hydrogen-bond donors (Lipinski definition) is 2. The Kier molecular flexibility index (Phi) is 13.9. The Morgan fingerprint density at radius 1 is 1.27 bits per heavy atom. The first-order chi connectivity index (χ1) is 14.0. The standard InChI is InChI=1S/C22H38ClN5O.HI/c1-5-24-22(26-20-11-14-28(15-12-20)13-6-16-29-4)25-17-21(27(2)3)18-7-9-19(23)10-8-18;/h7-10,20-21H,5-6,11-17H2,1-4H3,(H2,24,25,26);1H. The van der Waals surface area contributed by atoms with Gasteiger partial charge in [-0.3, -0.25) is 4.99 Å². The lowest BCUT2D eigenvalue weighted by Gasteiger charge is -2.33. The molecule has 1 unspecified atom stereocenters. The Morgan fingerprint density at radius 3 is 2.50 bits per heavy atom. The van der Waals surface area contributed by atoms with Crippen LogP contribution in [0.5, 0.6) is 0 Å². The first kappa shape index (κ1) is 27.4. The minimum atomic E-state index is 0. The molecule has 6 nitrogen and oxygen atoms in total. The van der Waals surface area contributed by atoms with Crippen LogP contribution < -0.4 is 10.6 Å². The number of guanidine groups is 1. The van der Waals surface area contributed by atoms with E-state index in [0.29, 0.717) is 12.6 Å². The summed E-state index contributed by atoms with van der Waals surface area (Å²) in [6.45, 7) is 7.89. The number of halogens is 2. The molecular weight excluding hydrogens is 513 g/mol. The number of rotatable bonds is 10. The van der Waals surface area contributed by atoms with Gasteiger partial charge in [0.05, 0.1) is 12.6 Å². The zero-order chi connectivity index (χ0) is 21.1. The summed E-state index contributed by atoms with van der Waals surface area (Å²) in [5, 5.41) is 7.82. The second-order valence-corrected chi connectivity index (χ2v) is 8.29. The Labute approximate surface area is 204 Å². The highest BCUT2D eigenvalue weighted by Crippen LogP contribution is 2.21. The quantitative estimate of drug-likeness (QED) is 0.201. The fraction of sp³-hybridized carbons (Fsp3) is 0.682. The lowest BCUT2D eigenvalue weighted by Crippen LogP contribution is -2.49. The van der Waals surface area contributed by atoms with Crippen molar-refractivity contribution in [3.05, 3.63) is 34.9 Å². The monoisotopic (exact) mass is 551 g/mol. The third-order valence-corrected chi connectivity index (χ3v) is 5.65. The van der Waals surface area contributed by atoms with Gasteiger partial charge in [-0.05, 0) is 58.0 Å². The summed E-state index contributed by atoms with van der Waals surface area (Å²) in [7, 11) is 5.95. The molecule has 1 aliphatic heterocycles. The second kappa shape index (κ2) is 15.2. The van der Waals surface area contributed by atoms with E-state index in [9.17, 15) is 0 Å². The Morgan fingerprint density at radius 2 is 1.93 bits per heavy atom. The molecule has 0 amide bonds. The lowest BCUT2D eigenvalue weighted by molar-refractivity contribution is 0.155. The van der Waals surface area contributed by atoms with Crippen molar-refractivity contribution in [2.24, 2.45) is 4.99 Å². The Bertz CT molecular complexity index is 606. The summed E-state index contributed by atoms with van der Waals surface area (Å²) >= 11 is 6.05. The topological polar surface area (TPSA) is 52.1 Å². The Balaban J connectivity index is 0.00000450. The third-order valence-electron chi connectivity index (χ3n) is 5.40. The van der Waals surface area contributed by atoms with Crippen LogP contribution >= 0.6 is 35.6 Å². The van der Waals surface area contributed by atoms with Crippen molar-refractivity contribution < 1.29 is 4.74 Å². The predicted molar refractivity (Wildman–Crippen MR) is 138 cm³/mol. The molecule has 1 heterocycles. The molecule has 1 aromatic carbocycles. The molecule has 0 aromatic heterocycles. The van der Waals surface area contributed by atoms with Gasteiger partial charge in [0.2, 0.25) is 0 Å². The molecule has 2 rings (SSSR count). The van der Waals surface area contributed by atoms with Crippen LogP contribution in [0.1, 0.15) is 37.8 Å². The highest BCUT2D eigenvalue weighted by molar-refractivity contribution is 14.0. The van der Waals surface area contributed by atoms with Crippen LogP contribution in [0.25, 0.3) is 0 Å². The first-order valence-corrected chi connectivity index (χ1v) is 11.1. The SMILES string of the molecule is CCNC(=NCC(c1ccc(Cl)cc1)N(C)C)NC1CCN(CCCOC)CC1.I. The van der Waals surface area contributed by atoms with E-state index in [1.54, 1.807) is 7.11 Å². The summed E-state index contributed by atoms with van der Waals surface area (Å²) in [6, 6.07) is 8.75. The van der Waals surface area contributed by atoms with E-state index in [-0.39, 0.29) is 30.0 Å². The number of nitrogens with one attached hydrogen (secondary N) is 2. The molecular formula is C22H39ClIN5O. The van der Waals surface area contributed by atoms with Gasteiger partial charge < -0.3 is 25.2 Å². The average Bonchev–Trinajstić information content (AvgIpc) is 2.71. The largest absolute Gasteiger partial charge is 0.385 e. The van der Waals surface area contributed by atoms with Gasteiger partial charge in [-0.2, -0.15) is 0 Å². The number of methoxy groups -OCH3 is 1. The van der Waals surface area contributed by atoms with Crippen molar-refractivity contribution in [2.75, 3.05) is 60.5 Å². The van der Waals surface area contributed by atoms with Crippen LogP contribution in [-0.4, -0.2) is 82.3 Å². The van der Waals surface area contributed by atoms with Gasteiger partial charge in [-0.25, -0.2) is 0 Å². The lowest BCUT2D eigenvalue weighted by atomic mass is 10.0. The smallest absolute Gasteiger partial charge is 0.191 e. The van der Waals surface area contributed by atoms with Crippen molar-refractivity contribution >= 4 is 41.5 Å². The van der Waals surface area contributed by atoms with Gasteiger partial charge in [0.15, 0.2) is 5.96 Å². The summed E-state index contributed by atoms with van der Waals surface area (Å²) in [5.41, 5.74) is 1.23. The first-order valence-electron chi connectivity index (χ1n) is 10.7. The summed E-state index contributed by atoms with van der Waals surface area (Å²) < 4.78 is 5.16. The molecule has 0 radical (unpaired) electrons. The summed E-state index contributed by atoms with van der Waals surface area (Å²) in [6.07, 6.45) is 3.40. The van der Waals surface area contributed by atoms with Crippen LogP contribution in [0.3, 0.4) is 0 Å². The highest BCUT2D eigenvalue weighted by atomic mass is 127. The number of piperidine rings is 1. The molecule has 1 fully saturated rings. The van der Waals surface area contributed by atoms with E-state index in [1.807, 2.05) is 12.1 Å². The van der Waals surface area contributed by atoms with Gasteiger partial charge in [0.1, 0.15) is 0 Å². The fourth-order valence-electron chi connectivity index (χ4n) is 3.68. The maximum absolute atomic E-state index is 6.05. The molecule has 1 aliphatic rings. The van der Waals surface area contributed by atoms with E-state index in [1.165, 1.54) is 5.56 Å². The van der Waals surface area contributed by atoms with Crippen LogP contribution in [0.4, 0.5) is 0 Å². The molecule has 0 bridgehead atoms. The number of benzene rings is 1. The summed E-state index contributed by atoms with van der Waals surface area (Å²) in [4.78, 5) is 9.63. The van der Waals surface area contributed by atoms with E-state index >= 15 is 0 Å². The van der Waals surface area contributed by atoms with Crippen molar-refractivity contribution in [2.45, 2.75) is 38.3 Å². The highest BCUT2D eigenvalue weighted by Gasteiger charge is 2.20. The van der Waals surface area contributed by atoms with Crippen molar-refractivity contribution in [1.82, 2.24) is 20.4 Å². The number of hydrogen-bond acceptors (Lipinski definition) is 4. The van der Waals surface area contributed by atoms with Crippen LogP contribution in [0.2, 0.25) is 5.02 Å². The number of aliphatic imine (C=N–C) groups is 1. The van der Waals surface area contributed by atoms with E-state index in [2.05, 4.69) is 53.6 Å². The van der Waals surface area contributed by atoms with Gasteiger partial charge in [-0.1, -0.05) is 23.7 Å². The number of nitrogens with zero attached hydrogens (tertiary/aromatic N) is 3. The molecule has 1 aromatic rings. The minimum absolute atomic E-state index is 0. The van der Waals surface area contributed by atoms with E-state index < -0.39 is 0 Å². The molecule has 8 heteroatoms. The molecule has 0 saturated carbocycles. The van der Waals surface area contributed by atoms with Gasteiger partial charge in [-0.15, -0.1) is 24.0 Å². The van der Waals surface area contributed by atoms with Crippen molar-refractivity contribution in [3.8, 4) is 0 Å². The van der Waals surface area contributed by atoms with E-state index in [4.69, 9.17) is 21.3 Å². The van der Waals surface area contributed by atoms with Crippen LogP contribution in [0, 0.1) is 0 Å². The van der Waals surface area contributed by atoms with Gasteiger partial charge in [0.25, 0.3) is 0 Å². The third kappa shape index (κ3) is 9.68. The average molecular weight is 552 g/mol. The molecule has 2 N–H and O–H groups in total. The minimum Gasteiger partial charge on any atom is -0.385 e. The Hall–Kier alpha value is -0.610. The second-order valence-electron chi connectivity index (χ2n) is 7.86. The maximum atomic E-state index is 6.05. The van der Waals surface area contributed by atoms with Gasteiger partial charge in [0, 0.05) is 51.0 Å². The number of likely N-dealkylation sites (N-methyl/N-ethyl adjacent to an activating group) is 1.